The molecule has 0 amide bonds. The molecule has 6 nitrogen and oxygen atoms in total. The van der Waals surface area contributed by atoms with Crippen LogP contribution in [0.15, 0.2) is 182 Å². The Labute approximate surface area is 430 Å². The second-order valence-electron chi connectivity index (χ2n) is 13.8. The monoisotopic (exact) mass is 1120 g/mol. The Morgan fingerprint density at radius 3 is 1.24 bits per heavy atom. The predicted molar refractivity (Wildman–Crippen MR) is 235 cm³/mol. The molecule has 6 rings (SSSR count). The van der Waals surface area contributed by atoms with Crippen molar-refractivity contribution < 1.29 is 97.5 Å². The maximum absolute atomic E-state index is 13.4. The van der Waals surface area contributed by atoms with Crippen LogP contribution in [0.3, 0.4) is 0 Å². The maximum Gasteiger partial charge on any atom is 2.00 e. The molecule has 0 aliphatic heterocycles. The van der Waals surface area contributed by atoms with E-state index in [1.165, 1.54) is 50.6 Å². The van der Waals surface area contributed by atoms with Crippen molar-refractivity contribution in [3.8, 4) is 11.5 Å². The van der Waals surface area contributed by atoms with Gasteiger partial charge in [0.25, 0.3) is 0 Å². The van der Waals surface area contributed by atoms with Crippen molar-refractivity contribution in [2.75, 3.05) is 41.0 Å². The molecule has 0 saturated heterocycles. The number of halogens is 10. The number of hydrogen-bond acceptors (Lipinski definition) is 7. The van der Waals surface area contributed by atoms with Gasteiger partial charge in [-0.05, 0) is 111 Å². The second kappa shape index (κ2) is 30.3. The van der Waals surface area contributed by atoms with Gasteiger partial charge in [-0.3, -0.25) is 0 Å². The van der Waals surface area contributed by atoms with Crippen LogP contribution in [0.1, 0.15) is 13.8 Å². The topological polar surface area (TPSA) is 55.4 Å². The Balaban J connectivity index is 0.000000572. The molecule has 0 saturated carbocycles. The van der Waals surface area contributed by atoms with E-state index < -0.39 is 61.2 Å². The Morgan fingerprint density at radius 1 is 0.493 bits per heavy atom. The molecule has 19 heteroatoms. The summed E-state index contributed by atoms with van der Waals surface area (Å²) in [5.41, 5.74) is -4.95. The normalized spacial score (nSPS) is 13.1. The molecule has 0 bridgehead atoms. The van der Waals surface area contributed by atoms with Gasteiger partial charge in [-0.25, -0.2) is 8.78 Å². The fourth-order valence-corrected chi connectivity index (χ4v) is 7.93. The average Bonchev–Trinajstić information content (AvgIpc) is 3.28. The van der Waals surface area contributed by atoms with Crippen molar-refractivity contribution in [1.82, 2.24) is 0 Å². The molecule has 6 aromatic rings. The van der Waals surface area contributed by atoms with Gasteiger partial charge in [0.2, 0.25) is 0 Å². The number of ether oxygens (including phenoxy) is 6. The zero-order valence-corrected chi connectivity index (χ0v) is 42.8. The van der Waals surface area contributed by atoms with Crippen molar-refractivity contribution in [2.24, 2.45) is 0 Å². The third kappa shape index (κ3) is 20.2. The standard InChI is InChI=1S/C24H23F4O3S.C18H19F3O3S.C6H4F.2BrH.Mg/c1-23(24(26,27)28,31-17-29-2)16-30-19-10-14-22(15-11-19)32(20-6-4-3-5-7-20)21-12-8-18(25)9-13-21;1-17(18(19,20)21,24-13-22-2)12-23-14-8-10-16(11-9-14)25-15-6-4-3-5-7-15;7-6-4-2-1-3-5-6;;;/h3-15H,16-17H2,1-2H3;3-11H,12-13H2,1-2H3;2-5H;2*1H;/q+1;;-1;;;+2/p-2. The molecular weight excluding hydrogens is 1070 g/mol. The molecule has 358 valence electrons. The van der Waals surface area contributed by atoms with Crippen molar-refractivity contribution in [3.05, 3.63) is 175 Å². The van der Waals surface area contributed by atoms with Crippen LogP contribution in [-0.4, -0.2) is 87.6 Å². The van der Waals surface area contributed by atoms with Gasteiger partial charge >= 0.3 is 35.4 Å². The van der Waals surface area contributed by atoms with E-state index in [9.17, 15) is 35.1 Å². The van der Waals surface area contributed by atoms with Gasteiger partial charge in [-0.1, -0.05) is 48.2 Å². The minimum Gasteiger partial charge on any atom is -1.00 e. The van der Waals surface area contributed by atoms with E-state index in [1.54, 1.807) is 72.4 Å². The molecule has 6 aromatic carbocycles. The first-order chi connectivity index (χ1) is 30.5. The molecule has 0 spiro atoms. The minimum atomic E-state index is -4.63. The predicted octanol–water partition coefficient (Wildman–Crippen LogP) is 6.65. The Morgan fingerprint density at radius 2 is 0.851 bits per heavy atom. The number of rotatable bonds is 17. The van der Waals surface area contributed by atoms with E-state index in [1.807, 2.05) is 60.7 Å². The zero-order chi connectivity index (χ0) is 46.6. The summed E-state index contributed by atoms with van der Waals surface area (Å²) in [6.07, 6.45) is -9.21. The first-order valence-corrected chi connectivity index (χ1v) is 21.3. The smallest absolute Gasteiger partial charge is 1.00 e. The summed E-state index contributed by atoms with van der Waals surface area (Å²) < 4.78 is 135. The summed E-state index contributed by atoms with van der Waals surface area (Å²) in [4.78, 5) is 4.92. The van der Waals surface area contributed by atoms with E-state index in [0.29, 0.717) is 5.75 Å². The van der Waals surface area contributed by atoms with E-state index in [-0.39, 0.29) is 74.4 Å². The van der Waals surface area contributed by atoms with Gasteiger partial charge in [0.1, 0.15) is 44.1 Å². The van der Waals surface area contributed by atoms with Crippen LogP contribution < -0.4 is 43.4 Å². The molecule has 0 fully saturated rings. The van der Waals surface area contributed by atoms with Crippen molar-refractivity contribution in [2.45, 2.75) is 61.9 Å². The molecule has 3 atom stereocenters. The zero-order valence-electron chi connectivity index (χ0n) is 36.6. The van der Waals surface area contributed by atoms with Crippen LogP contribution in [0, 0.1) is 17.7 Å². The summed E-state index contributed by atoms with van der Waals surface area (Å²) in [7, 11) is 2.00. The summed E-state index contributed by atoms with van der Waals surface area (Å²) in [5, 5.41) is 0. The van der Waals surface area contributed by atoms with Gasteiger partial charge < -0.3 is 62.4 Å². The molecule has 3 unspecified atom stereocenters. The van der Waals surface area contributed by atoms with E-state index in [2.05, 4.69) is 15.5 Å². The quantitative estimate of drug-likeness (QED) is 0.0334. The molecule has 0 aliphatic carbocycles. The van der Waals surface area contributed by atoms with Gasteiger partial charge in [0.05, 0.1) is 10.9 Å². The van der Waals surface area contributed by atoms with E-state index in [0.717, 1.165) is 38.3 Å². The van der Waals surface area contributed by atoms with Crippen LogP contribution in [0.25, 0.3) is 0 Å². The average molecular weight is 1120 g/mol. The van der Waals surface area contributed by atoms with Gasteiger partial charge in [-0.2, -0.15) is 44.5 Å². The SMILES string of the molecule is COCOC(C)(COc1ccc(Sc2ccccc2)cc1)C(F)(F)F.COCOC(C)(COc1ccc([S+](c2ccccc2)c2ccc(F)cc2)cc1)C(F)(F)F.Fc1cc[c-]cc1.[Br-].[Br-].[Mg+2]. The van der Waals surface area contributed by atoms with Crippen molar-refractivity contribution in [1.29, 1.82) is 0 Å². The molecule has 0 heterocycles. The number of hydrogen-bond donors (Lipinski definition) is 0. The van der Waals surface area contributed by atoms with Crippen LogP contribution >= 0.6 is 11.8 Å². The first kappa shape index (κ1) is 61.6. The largest absolute Gasteiger partial charge is 2.00 e. The van der Waals surface area contributed by atoms with Crippen LogP contribution in [0.5, 0.6) is 11.5 Å². The number of methoxy groups -OCH3 is 2. The molecular formula is C48H46Br2F8MgO6S2. The van der Waals surface area contributed by atoms with Crippen LogP contribution in [-0.2, 0) is 29.8 Å². The number of benzene rings is 6. The van der Waals surface area contributed by atoms with Gasteiger partial charge in [0, 0.05) is 29.8 Å². The fraction of sp³-hybridized carbons (Fsp3) is 0.250. The minimum absolute atomic E-state index is 0. The van der Waals surface area contributed by atoms with E-state index in [4.69, 9.17) is 18.9 Å². The summed E-state index contributed by atoms with van der Waals surface area (Å²) >= 11 is 1.56. The molecule has 0 aromatic heterocycles. The van der Waals surface area contributed by atoms with Crippen LogP contribution in [0.2, 0.25) is 0 Å². The fourth-order valence-electron chi connectivity index (χ4n) is 5.03. The summed E-state index contributed by atoms with van der Waals surface area (Å²) in [6, 6.07) is 48.0. The molecule has 67 heavy (non-hydrogen) atoms. The third-order valence-electron chi connectivity index (χ3n) is 8.79. The van der Waals surface area contributed by atoms with Crippen molar-refractivity contribution in [3.63, 3.8) is 0 Å². The molecule has 0 N–H and O–H groups in total. The Bertz CT molecular complexity index is 2220. The summed E-state index contributed by atoms with van der Waals surface area (Å²) in [5.74, 6) is 0.0890. The third-order valence-corrected chi connectivity index (χ3v) is 12.0. The summed E-state index contributed by atoms with van der Waals surface area (Å²) in [6.45, 7) is -0.498. The van der Waals surface area contributed by atoms with Crippen molar-refractivity contribution >= 4 is 45.7 Å². The Kier molecular flexibility index (Phi) is 27.9. The van der Waals surface area contributed by atoms with E-state index >= 15 is 0 Å². The first-order valence-electron chi connectivity index (χ1n) is 19.2. The molecule has 0 radical (unpaired) electrons. The second-order valence-corrected chi connectivity index (χ2v) is 17.0. The maximum atomic E-state index is 13.4. The number of alkyl halides is 6. The van der Waals surface area contributed by atoms with Gasteiger partial charge in [0.15, 0.2) is 25.9 Å². The van der Waals surface area contributed by atoms with Crippen LogP contribution in [0.4, 0.5) is 35.1 Å². The van der Waals surface area contributed by atoms with Gasteiger partial charge in [-0.15, -0.1) is 12.1 Å². The molecule has 0 aliphatic rings. The Hall–Kier alpha value is -3.37.